The van der Waals surface area contributed by atoms with E-state index in [0.717, 1.165) is 26.7 Å². The molecular weight excluding hydrogens is 626 g/mol. The lowest BCUT2D eigenvalue weighted by molar-refractivity contribution is -0.147. The van der Waals surface area contributed by atoms with E-state index < -0.39 is 35.5 Å². The number of benzene rings is 3. The molecule has 1 fully saturated rings. The average molecular weight is 670 g/mol. The molecule has 4 rings (SSSR count). The summed E-state index contributed by atoms with van der Waals surface area (Å²) in [5.74, 6) is -1.36. The number of hydrogen-bond acceptors (Lipinski definition) is 6. The molecule has 0 aromatic heterocycles. The van der Waals surface area contributed by atoms with Crippen molar-refractivity contribution in [2.24, 2.45) is 0 Å². The molecule has 1 aliphatic rings. The van der Waals surface area contributed by atoms with Crippen molar-refractivity contribution in [1.29, 1.82) is 5.26 Å². The summed E-state index contributed by atoms with van der Waals surface area (Å²) in [5, 5.41) is 22.0. The molecule has 2 N–H and O–H groups in total. The Hall–Kier alpha value is -4.65. The van der Waals surface area contributed by atoms with Gasteiger partial charge in [0.1, 0.15) is 12.1 Å². The molecule has 0 spiro atoms. The van der Waals surface area contributed by atoms with Crippen LogP contribution in [0.1, 0.15) is 44.2 Å². The molecule has 3 aromatic rings. The molecule has 1 saturated heterocycles. The standard InChI is InChI=1S/C38H44ClN5O4/c1-38(2,41-27-40)22-10-17-35(46)42(3)33(24-29-18-20-31(21-19-29)30-14-8-5-9-15-30)37(48)44(39)34(25-28-12-6-4-7-13-28)36(47)43-23-11-16-32(45)26-43/h4-10,12-15,17-21,32-34,41,45H,11,16,22-26H2,1-3H3/b17-10+/t32?,33-,34-/m1/s1. The van der Waals surface area contributed by atoms with Gasteiger partial charge < -0.3 is 20.2 Å². The minimum atomic E-state index is -1.06. The molecule has 10 heteroatoms. The van der Waals surface area contributed by atoms with E-state index in [9.17, 15) is 19.5 Å². The van der Waals surface area contributed by atoms with Crippen molar-refractivity contribution in [3.8, 4) is 17.3 Å². The summed E-state index contributed by atoms with van der Waals surface area (Å²) in [6, 6.07) is 24.9. The number of nitrogens with one attached hydrogen (secondary N) is 1. The first kappa shape index (κ1) is 36.2. The van der Waals surface area contributed by atoms with E-state index in [4.69, 9.17) is 17.0 Å². The third kappa shape index (κ3) is 9.93. The van der Waals surface area contributed by atoms with Gasteiger partial charge in [0, 0.05) is 50.3 Å². The molecule has 1 aliphatic heterocycles. The second-order valence-electron chi connectivity index (χ2n) is 12.9. The first-order valence-corrected chi connectivity index (χ1v) is 16.6. The summed E-state index contributed by atoms with van der Waals surface area (Å²) in [7, 11) is 1.55. The number of likely N-dealkylation sites (tertiary alicyclic amines) is 1. The number of aliphatic hydroxyl groups excluding tert-OH is 1. The van der Waals surface area contributed by atoms with E-state index in [1.165, 1.54) is 11.0 Å². The van der Waals surface area contributed by atoms with Crippen LogP contribution < -0.4 is 5.32 Å². The molecule has 3 atom stereocenters. The lowest BCUT2D eigenvalue weighted by atomic mass is 9.98. The predicted octanol–water partition coefficient (Wildman–Crippen LogP) is 5.10. The number of amides is 3. The highest BCUT2D eigenvalue weighted by atomic mass is 35.5. The second kappa shape index (κ2) is 17.0. The lowest BCUT2D eigenvalue weighted by Gasteiger charge is -2.37. The Morgan fingerprint density at radius 1 is 0.979 bits per heavy atom. The van der Waals surface area contributed by atoms with Gasteiger partial charge >= 0.3 is 0 Å². The maximum Gasteiger partial charge on any atom is 0.260 e. The van der Waals surface area contributed by atoms with E-state index in [1.807, 2.05) is 105 Å². The first-order chi connectivity index (χ1) is 23.0. The van der Waals surface area contributed by atoms with Crippen LogP contribution in [0.2, 0.25) is 0 Å². The number of aliphatic hydroxyl groups is 1. The van der Waals surface area contributed by atoms with Gasteiger partial charge in [0.05, 0.1) is 6.10 Å². The average Bonchev–Trinajstić information content (AvgIpc) is 3.09. The molecule has 3 aromatic carbocycles. The number of rotatable bonds is 13. The van der Waals surface area contributed by atoms with Gasteiger partial charge in [-0.15, -0.1) is 0 Å². The van der Waals surface area contributed by atoms with Crippen LogP contribution in [0.15, 0.2) is 97.1 Å². The van der Waals surface area contributed by atoms with Gasteiger partial charge in [0.2, 0.25) is 11.8 Å². The molecule has 252 valence electrons. The highest BCUT2D eigenvalue weighted by molar-refractivity contribution is 6.24. The smallest absolute Gasteiger partial charge is 0.260 e. The van der Waals surface area contributed by atoms with Crippen molar-refractivity contribution in [1.82, 2.24) is 19.5 Å². The van der Waals surface area contributed by atoms with Crippen molar-refractivity contribution < 1.29 is 19.5 Å². The van der Waals surface area contributed by atoms with Crippen LogP contribution in [0, 0.1) is 11.5 Å². The van der Waals surface area contributed by atoms with E-state index in [0.29, 0.717) is 25.8 Å². The largest absolute Gasteiger partial charge is 0.391 e. The van der Waals surface area contributed by atoms with Crippen molar-refractivity contribution in [2.45, 2.75) is 69.7 Å². The number of likely N-dealkylation sites (N-methyl/N-ethyl adjacent to an activating group) is 1. The fourth-order valence-electron chi connectivity index (χ4n) is 5.77. The van der Waals surface area contributed by atoms with Gasteiger partial charge in [-0.05, 0) is 61.4 Å². The van der Waals surface area contributed by atoms with Crippen LogP contribution in [0.4, 0.5) is 0 Å². The normalized spacial score (nSPS) is 16.1. The Bertz CT molecular complexity index is 1590. The number of carbonyl (C=O) groups is 3. The second-order valence-corrected chi connectivity index (χ2v) is 13.3. The molecule has 1 heterocycles. The Labute approximate surface area is 288 Å². The van der Waals surface area contributed by atoms with Crippen molar-refractivity contribution in [3.05, 3.63) is 108 Å². The van der Waals surface area contributed by atoms with Crippen molar-refractivity contribution in [2.75, 3.05) is 20.1 Å². The zero-order valence-electron chi connectivity index (χ0n) is 27.8. The number of carbonyl (C=O) groups excluding carboxylic acids is 3. The summed E-state index contributed by atoms with van der Waals surface area (Å²) in [4.78, 5) is 44.8. The number of hydrogen-bond donors (Lipinski definition) is 2. The predicted molar refractivity (Wildman–Crippen MR) is 187 cm³/mol. The summed E-state index contributed by atoms with van der Waals surface area (Å²) >= 11 is 6.89. The summed E-state index contributed by atoms with van der Waals surface area (Å²) in [5.41, 5.74) is 3.14. The topological polar surface area (TPSA) is 117 Å². The zero-order valence-corrected chi connectivity index (χ0v) is 28.5. The van der Waals surface area contributed by atoms with Crippen LogP contribution in [-0.4, -0.2) is 80.9 Å². The molecule has 48 heavy (non-hydrogen) atoms. The fourth-order valence-corrected chi connectivity index (χ4v) is 6.03. The monoisotopic (exact) mass is 669 g/mol. The van der Waals surface area contributed by atoms with E-state index in [1.54, 1.807) is 18.0 Å². The van der Waals surface area contributed by atoms with E-state index >= 15 is 0 Å². The van der Waals surface area contributed by atoms with Gasteiger partial charge in [-0.3, -0.25) is 14.4 Å². The minimum absolute atomic E-state index is 0.156. The van der Waals surface area contributed by atoms with Crippen molar-refractivity contribution >= 4 is 29.5 Å². The van der Waals surface area contributed by atoms with E-state index in [2.05, 4.69) is 5.32 Å². The molecule has 0 radical (unpaired) electrons. The van der Waals surface area contributed by atoms with Gasteiger partial charge in [-0.1, -0.05) is 91.0 Å². The fraction of sp³-hybridized carbons (Fsp3) is 0.368. The summed E-state index contributed by atoms with van der Waals surface area (Å²) in [6.45, 7) is 4.31. The maximum atomic E-state index is 14.4. The Morgan fingerprint density at radius 3 is 2.19 bits per heavy atom. The van der Waals surface area contributed by atoms with Crippen molar-refractivity contribution in [3.63, 3.8) is 0 Å². The van der Waals surface area contributed by atoms with Crippen LogP contribution in [0.3, 0.4) is 0 Å². The minimum Gasteiger partial charge on any atom is -0.391 e. The third-order valence-corrected chi connectivity index (χ3v) is 9.02. The number of piperidine rings is 1. The number of β-amino-alcohol motifs (C(OH)–C–C–N with tert-alkyl or cyclic N) is 1. The Morgan fingerprint density at radius 2 is 1.56 bits per heavy atom. The number of nitriles is 1. The highest BCUT2D eigenvalue weighted by Gasteiger charge is 2.39. The molecule has 0 bridgehead atoms. The summed E-state index contributed by atoms with van der Waals surface area (Å²) in [6.07, 6.45) is 6.31. The van der Waals surface area contributed by atoms with Gasteiger partial charge in [-0.2, -0.15) is 5.26 Å². The lowest BCUT2D eigenvalue weighted by Crippen LogP contribution is -2.56. The molecule has 1 unspecified atom stereocenters. The maximum absolute atomic E-state index is 14.4. The zero-order chi connectivity index (χ0) is 34.7. The van der Waals surface area contributed by atoms with E-state index in [-0.39, 0.29) is 25.3 Å². The van der Waals surface area contributed by atoms with Crippen LogP contribution in [-0.2, 0) is 27.2 Å². The van der Waals surface area contributed by atoms with Gasteiger partial charge in [0.15, 0.2) is 6.19 Å². The SMILES string of the molecule is CN(C(=O)/C=C/CC(C)(C)NC#N)[C@H](Cc1ccc(-c2ccccc2)cc1)C(=O)N(Cl)[C@H](Cc1ccccc1)C(=O)N1CCCC(O)C1. The Balaban J connectivity index is 1.64. The van der Waals surface area contributed by atoms with Crippen LogP contribution in [0.5, 0.6) is 0 Å². The van der Waals surface area contributed by atoms with Gasteiger partial charge in [-0.25, -0.2) is 4.42 Å². The quantitative estimate of drug-likeness (QED) is 0.113. The Kier molecular flexibility index (Phi) is 12.8. The van der Waals surface area contributed by atoms with Crippen LogP contribution in [0.25, 0.3) is 11.1 Å². The molecule has 3 amide bonds. The highest BCUT2D eigenvalue weighted by Crippen LogP contribution is 2.24. The first-order valence-electron chi connectivity index (χ1n) is 16.2. The number of halogens is 1. The van der Waals surface area contributed by atoms with Gasteiger partial charge in [0.25, 0.3) is 5.91 Å². The van der Waals surface area contributed by atoms with Crippen LogP contribution >= 0.6 is 11.8 Å². The summed E-state index contributed by atoms with van der Waals surface area (Å²) < 4.78 is 0.951. The third-order valence-electron chi connectivity index (χ3n) is 8.62. The molecular formula is C38H44ClN5O4. The number of nitrogens with zero attached hydrogens (tertiary/aromatic N) is 4. The molecule has 0 saturated carbocycles. The molecule has 0 aliphatic carbocycles. The molecule has 9 nitrogen and oxygen atoms in total.